The van der Waals surface area contributed by atoms with E-state index in [0.29, 0.717) is 12.5 Å². The lowest BCUT2D eigenvalue weighted by Gasteiger charge is -2.30. The number of hydrogen-bond donors (Lipinski definition) is 0. The lowest BCUT2D eigenvalue weighted by Crippen LogP contribution is -2.39. The fraction of sp³-hybridized carbons (Fsp3) is 0.941. The van der Waals surface area contributed by atoms with Gasteiger partial charge in [-0.2, -0.15) is 0 Å². The first-order valence-electron chi connectivity index (χ1n) is 8.79. The number of nitrogens with zero attached hydrogens (tertiary/aromatic N) is 1. The zero-order valence-corrected chi connectivity index (χ0v) is 12.8. The maximum atomic E-state index is 12.4. The van der Waals surface area contributed by atoms with Gasteiger partial charge in [0.25, 0.3) is 0 Å². The van der Waals surface area contributed by atoms with Crippen LogP contribution in [0.3, 0.4) is 0 Å². The highest BCUT2D eigenvalue weighted by Gasteiger charge is 2.56. The molecule has 5 unspecified atom stereocenters. The van der Waals surface area contributed by atoms with Gasteiger partial charge in [0.05, 0.1) is 19.1 Å². The van der Waals surface area contributed by atoms with E-state index < -0.39 is 0 Å². The third kappa shape index (κ3) is 2.61. The first-order valence-corrected chi connectivity index (χ1v) is 8.79. The van der Waals surface area contributed by atoms with E-state index in [-0.39, 0.29) is 11.9 Å². The SMILES string of the molecule is O=C(OCCN1CCOCC1)C1CC2CC1C1CCCC21. The number of morpholine rings is 1. The van der Waals surface area contributed by atoms with Crippen LogP contribution in [0.2, 0.25) is 0 Å². The van der Waals surface area contributed by atoms with Gasteiger partial charge in [-0.05, 0) is 49.4 Å². The Bertz CT molecular complexity index is 393. The lowest BCUT2D eigenvalue weighted by atomic mass is 9.76. The second kappa shape index (κ2) is 5.88. The molecule has 4 rings (SSSR count). The number of fused-ring (bicyclic) bond motifs is 5. The van der Waals surface area contributed by atoms with Crippen LogP contribution in [0.1, 0.15) is 32.1 Å². The maximum Gasteiger partial charge on any atom is 0.309 e. The van der Waals surface area contributed by atoms with Gasteiger partial charge in [0.2, 0.25) is 0 Å². The van der Waals surface area contributed by atoms with Crippen LogP contribution in [0.15, 0.2) is 0 Å². The van der Waals surface area contributed by atoms with Crippen molar-refractivity contribution in [3.8, 4) is 0 Å². The summed E-state index contributed by atoms with van der Waals surface area (Å²) < 4.78 is 10.9. The minimum atomic E-state index is 0.0982. The minimum Gasteiger partial charge on any atom is -0.464 e. The van der Waals surface area contributed by atoms with E-state index in [1.807, 2.05) is 0 Å². The van der Waals surface area contributed by atoms with Gasteiger partial charge in [0.15, 0.2) is 0 Å². The molecule has 4 aliphatic rings. The summed E-state index contributed by atoms with van der Waals surface area (Å²) in [6.45, 7) is 4.97. The fourth-order valence-electron chi connectivity index (χ4n) is 5.55. The Morgan fingerprint density at radius 1 is 1.10 bits per heavy atom. The zero-order chi connectivity index (χ0) is 14.2. The summed E-state index contributed by atoms with van der Waals surface area (Å²) in [4.78, 5) is 14.7. The van der Waals surface area contributed by atoms with Crippen molar-refractivity contribution in [3.63, 3.8) is 0 Å². The van der Waals surface area contributed by atoms with Crippen molar-refractivity contribution < 1.29 is 14.3 Å². The van der Waals surface area contributed by atoms with Gasteiger partial charge < -0.3 is 9.47 Å². The van der Waals surface area contributed by atoms with Crippen LogP contribution in [0.5, 0.6) is 0 Å². The topological polar surface area (TPSA) is 38.8 Å². The molecule has 2 bridgehead atoms. The van der Waals surface area contributed by atoms with Gasteiger partial charge >= 0.3 is 5.97 Å². The van der Waals surface area contributed by atoms with E-state index in [9.17, 15) is 4.79 Å². The Hall–Kier alpha value is -0.610. The Balaban J connectivity index is 1.24. The summed E-state index contributed by atoms with van der Waals surface area (Å²) in [5.74, 6) is 3.60. The number of hydrogen-bond acceptors (Lipinski definition) is 4. The first kappa shape index (κ1) is 14.0. The van der Waals surface area contributed by atoms with Gasteiger partial charge in [-0.25, -0.2) is 0 Å². The molecule has 3 aliphatic carbocycles. The van der Waals surface area contributed by atoms with Gasteiger partial charge in [0.1, 0.15) is 6.61 Å². The normalized spacial score (nSPS) is 42.2. The Morgan fingerprint density at radius 2 is 1.90 bits per heavy atom. The molecule has 4 nitrogen and oxygen atoms in total. The van der Waals surface area contributed by atoms with Crippen molar-refractivity contribution in [1.82, 2.24) is 4.90 Å². The van der Waals surface area contributed by atoms with E-state index in [1.165, 1.54) is 25.7 Å². The molecule has 0 aromatic carbocycles. The van der Waals surface area contributed by atoms with Crippen LogP contribution >= 0.6 is 0 Å². The standard InChI is InChI=1S/C17H27NO3/c19-17(21-9-6-18-4-7-20-8-5-18)16-11-12-10-15(16)14-3-1-2-13(12)14/h12-16H,1-11H2. The molecule has 3 saturated carbocycles. The van der Waals surface area contributed by atoms with Crippen LogP contribution < -0.4 is 0 Å². The highest BCUT2D eigenvalue weighted by Crippen LogP contribution is 2.61. The Kier molecular flexibility index (Phi) is 3.92. The highest BCUT2D eigenvalue weighted by atomic mass is 16.5. The smallest absolute Gasteiger partial charge is 0.309 e. The maximum absolute atomic E-state index is 12.4. The third-order valence-electron chi connectivity index (χ3n) is 6.49. The van der Waals surface area contributed by atoms with E-state index >= 15 is 0 Å². The van der Waals surface area contributed by atoms with Crippen molar-refractivity contribution in [2.24, 2.45) is 29.6 Å². The summed E-state index contributed by atoms with van der Waals surface area (Å²) in [7, 11) is 0. The average Bonchev–Trinajstić information content (AvgIpc) is 3.21. The predicted molar refractivity (Wildman–Crippen MR) is 78.8 cm³/mol. The number of carbonyl (C=O) groups is 1. The van der Waals surface area contributed by atoms with Crippen LogP contribution in [0.25, 0.3) is 0 Å². The highest BCUT2D eigenvalue weighted by molar-refractivity contribution is 5.73. The van der Waals surface area contributed by atoms with Crippen molar-refractivity contribution >= 4 is 5.97 Å². The van der Waals surface area contributed by atoms with Gasteiger partial charge in [-0.3, -0.25) is 9.69 Å². The number of esters is 1. The third-order valence-corrected chi connectivity index (χ3v) is 6.49. The number of carbonyl (C=O) groups excluding carboxylic acids is 1. The van der Waals surface area contributed by atoms with Crippen LogP contribution in [0.4, 0.5) is 0 Å². The molecule has 1 heterocycles. The summed E-state index contributed by atoms with van der Waals surface area (Å²) in [5.41, 5.74) is 0. The van der Waals surface area contributed by atoms with Crippen molar-refractivity contribution in [1.29, 1.82) is 0 Å². The molecular formula is C17H27NO3. The molecule has 0 aromatic heterocycles. The van der Waals surface area contributed by atoms with Gasteiger partial charge in [0, 0.05) is 19.6 Å². The van der Waals surface area contributed by atoms with E-state index in [2.05, 4.69) is 4.90 Å². The second-order valence-electron chi connectivity index (χ2n) is 7.38. The molecule has 4 heteroatoms. The molecule has 118 valence electrons. The molecule has 4 fully saturated rings. The van der Waals surface area contributed by atoms with E-state index in [1.54, 1.807) is 0 Å². The molecule has 0 N–H and O–H groups in total. The zero-order valence-electron chi connectivity index (χ0n) is 12.8. The summed E-state index contributed by atoms with van der Waals surface area (Å²) >= 11 is 0. The van der Waals surface area contributed by atoms with Crippen LogP contribution in [0, 0.1) is 29.6 Å². The second-order valence-corrected chi connectivity index (χ2v) is 7.38. The first-order chi connectivity index (χ1) is 10.3. The van der Waals surface area contributed by atoms with Crippen LogP contribution in [-0.4, -0.2) is 50.3 Å². The summed E-state index contributed by atoms with van der Waals surface area (Å²) in [5, 5.41) is 0. The largest absolute Gasteiger partial charge is 0.464 e. The molecule has 1 saturated heterocycles. The molecule has 0 aromatic rings. The fourth-order valence-corrected chi connectivity index (χ4v) is 5.55. The van der Waals surface area contributed by atoms with Gasteiger partial charge in [-0.1, -0.05) is 6.42 Å². The van der Waals surface area contributed by atoms with Crippen molar-refractivity contribution in [2.75, 3.05) is 39.5 Å². The average molecular weight is 293 g/mol. The number of ether oxygens (including phenoxy) is 2. The number of rotatable bonds is 4. The molecule has 0 amide bonds. The van der Waals surface area contributed by atoms with Gasteiger partial charge in [-0.15, -0.1) is 0 Å². The van der Waals surface area contributed by atoms with E-state index in [0.717, 1.165) is 57.0 Å². The minimum absolute atomic E-state index is 0.0982. The monoisotopic (exact) mass is 293 g/mol. The lowest BCUT2D eigenvalue weighted by molar-refractivity contribution is -0.152. The molecular weight excluding hydrogens is 266 g/mol. The summed E-state index contributed by atoms with van der Waals surface area (Å²) in [6, 6.07) is 0. The molecule has 1 aliphatic heterocycles. The quantitative estimate of drug-likeness (QED) is 0.743. The predicted octanol–water partition coefficient (Wildman–Crippen LogP) is 1.93. The Labute approximate surface area is 127 Å². The molecule has 0 spiro atoms. The van der Waals surface area contributed by atoms with Crippen molar-refractivity contribution in [2.45, 2.75) is 32.1 Å². The Morgan fingerprint density at radius 3 is 2.76 bits per heavy atom. The van der Waals surface area contributed by atoms with Crippen molar-refractivity contribution in [3.05, 3.63) is 0 Å². The molecule has 5 atom stereocenters. The molecule has 21 heavy (non-hydrogen) atoms. The van der Waals surface area contributed by atoms with E-state index in [4.69, 9.17) is 9.47 Å². The summed E-state index contributed by atoms with van der Waals surface area (Å²) in [6.07, 6.45) is 6.59. The van der Waals surface area contributed by atoms with Crippen LogP contribution in [-0.2, 0) is 14.3 Å². The molecule has 0 radical (unpaired) electrons.